The number of aryl methyl sites for hydroxylation is 1. The maximum Gasteiger partial charge on any atom is 0.328 e. The van der Waals surface area contributed by atoms with Gasteiger partial charge < -0.3 is 15.1 Å². The highest BCUT2D eigenvalue weighted by molar-refractivity contribution is 6.00. The monoisotopic (exact) mass is 345 g/mol. The minimum Gasteiger partial charge on any atom is -0.478 e. The van der Waals surface area contributed by atoms with E-state index in [-0.39, 0.29) is 0 Å². The molecule has 25 heavy (non-hydrogen) atoms. The third-order valence-corrected chi connectivity index (χ3v) is 4.76. The lowest BCUT2D eigenvalue weighted by Gasteiger charge is -2.40. The fourth-order valence-electron chi connectivity index (χ4n) is 3.62. The Kier molecular flexibility index (Phi) is 6.09. The van der Waals surface area contributed by atoms with Crippen molar-refractivity contribution in [3.05, 3.63) is 47.0 Å². The number of likely N-dealkylation sites (tertiary alicyclic amines) is 1. The van der Waals surface area contributed by atoms with Gasteiger partial charge in [0, 0.05) is 36.6 Å². The molecule has 0 amide bonds. The van der Waals surface area contributed by atoms with E-state index in [9.17, 15) is 14.4 Å². The quantitative estimate of drug-likeness (QED) is 0.799. The molecule has 0 bridgehead atoms. The molecule has 2 atom stereocenters. The summed E-state index contributed by atoms with van der Waals surface area (Å²) in [7, 11) is 2.18. The van der Waals surface area contributed by atoms with Crippen LogP contribution in [0, 0.1) is 12.8 Å². The molecule has 1 aromatic carbocycles. The van der Waals surface area contributed by atoms with Crippen molar-refractivity contribution in [2.75, 3.05) is 20.1 Å². The summed E-state index contributed by atoms with van der Waals surface area (Å²) in [5.74, 6) is -1.00. The Bertz CT molecular complexity index is 694. The molecule has 1 fully saturated rings. The molecule has 1 aliphatic carbocycles. The number of nitrogens with zero attached hydrogens (tertiary/aromatic N) is 1. The van der Waals surface area contributed by atoms with Crippen molar-refractivity contribution in [2.45, 2.75) is 25.7 Å². The summed E-state index contributed by atoms with van der Waals surface area (Å²) in [6, 6.07) is 6.32. The van der Waals surface area contributed by atoms with Gasteiger partial charge in [0.1, 0.15) is 0 Å². The first-order valence-electron chi connectivity index (χ1n) is 8.24. The van der Waals surface area contributed by atoms with Gasteiger partial charge in [-0.2, -0.15) is 0 Å². The lowest BCUT2D eigenvalue weighted by atomic mass is 9.70. The smallest absolute Gasteiger partial charge is 0.328 e. The van der Waals surface area contributed by atoms with Gasteiger partial charge in [-0.05, 0) is 44.0 Å². The van der Waals surface area contributed by atoms with E-state index in [2.05, 4.69) is 37.1 Å². The fourth-order valence-corrected chi connectivity index (χ4v) is 3.62. The molecule has 1 aromatic rings. The molecule has 0 unspecified atom stereocenters. The van der Waals surface area contributed by atoms with E-state index in [1.54, 1.807) is 0 Å². The summed E-state index contributed by atoms with van der Waals surface area (Å²) in [5.41, 5.74) is 3.47. The number of ketones is 1. The van der Waals surface area contributed by atoms with Crippen LogP contribution in [0.5, 0.6) is 0 Å². The molecule has 6 heteroatoms. The Labute approximate surface area is 146 Å². The standard InChI is InChI=1S/C15H19NO.C4H4O4/c1-10-4-3-5-12-13-9-16(2)7-6-11(13)8-14(17)15(10)12;5-3(6)1-2-4(7)8/h3-5,11,13H,6-9H2,1-2H3;1-2H,(H,5,6)(H,7,8)/b;2-1+/t11-,13-;/m1./s1. The number of piperidine rings is 1. The molecule has 0 radical (unpaired) electrons. The van der Waals surface area contributed by atoms with Crippen LogP contribution in [0.2, 0.25) is 0 Å². The third kappa shape index (κ3) is 4.76. The van der Waals surface area contributed by atoms with Crippen LogP contribution in [0.25, 0.3) is 0 Å². The van der Waals surface area contributed by atoms with Gasteiger partial charge in [-0.3, -0.25) is 4.79 Å². The van der Waals surface area contributed by atoms with Gasteiger partial charge in [0.15, 0.2) is 5.78 Å². The molecule has 6 nitrogen and oxygen atoms in total. The van der Waals surface area contributed by atoms with Crippen LogP contribution in [0.4, 0.5) is 0 Å². The summed E-state index contributed by atoms with van der Waals surface area (Å²) < 4.78 is 0. The average molecular weight is 345 g/mol. The van der Waals surface area contributed by atoms with Crippen molar-refractivity contribution in [1.29, 1.82) is 0 Å². The molecular formula is C19H23NO5. The van der Waals surface area contributed by atoms with Crippen LogP contribution in [0.3, 0.4) is 0 Å². The highest BCUT2D eigenvalue weighted by Crippen LogP contribution is 2.41. The van der Waals surface area contributed by atoms with Gasteiger partial charge in [-0.15, -0.1) is 0 Å². The number of carbonyl (C=O) groups excluding carboxylic acids is 1. The zero-order chi connectivity index (χ0) is 18.6. The van der Waals surface area contributed by atoms with Gasteiger partial charge in [0.25, 0.3) is 0 Å². The van der Waals surface area contributed by atoms with Crippen molar-refractivity contribution in [3.63, 3.8) is 0 Å². The predicted octanol–water partition coefficient (Wildman–Crippen LogP) is 2.33. The molecular weight excluding hydrogens is 322 g/mol. The zero-order valence-electron chi connectivity index (χ0n) is 14.4. The molecule has 1 saturated heterocycles. The Morgan fingerprint density at radius 1 is 1.20 bits per heavy atom. The van der Waals surface area contributed by atoms with Crippen LogP contribution in [0.1, 0.15) is 40.2 Å². The van der Waals surface area contributed by atoms with E-state index in [4.69, 9.17) is 10.2 Å². The van der Waals surface area contributed by atoms with Crippen molar-refractivity contribution < 1.29 is 24.6 Å². The lowest BCUT2D eigenvalue weighted by molar-refractivity contribution is -0.134. The first-order chi connectivity index (χ1) is 11.8. The van der Waals surface area contributed by atoms with Crippen molar-refractivity contribution in [1.82, 2.24) is 4.90 Å². The van der Waals surface area contributed by atoms with Gasteiger partial charge >= 0.3 is 11.9 Å². The van der Waals surface area contributed by atoms with Crippen LogP contribution >= 0.6 is 0 Å². The number of benzene rings is 1. The second-order valence-corrected chi connectivity index (χ2v) is 6.59. The number of carbonyl (C=O) groups is 3. The Morgan fingerprint density at radius 3 is 2.44 bits per heavy atom. The molecule has 3 rings (SSSR count). The second-order valence-electron chi connectivity index (χ2n) is 6.59. The number of fused-ring (bicyclic) bond motifs is 3. The number of rotatable bonds is 2. The van der Waals surface area contributed by atoms with Crippen LogP contribution in [-0.4, -0.2) is 53.0 Å². The number of aliphatic carboxylic acids is 2. The van der Waals surface area contributed by atoms with Crippen LogP contribution in [0.15, 0.2) is 30.4 Å². The first kappa shape index (κ1) is 18.9. The number of hydrogen-bond acceptors (Lipinski definition) is 4. The number of Topliss-reactive ketones (excluding diaryl/α,β-unsaturated/α-hetero) is 1. The first-order valence-corrected chi connectivity index (χ1v) is 8.24. The maximum atomic E-state index is 12.2. The van der Waals surface area contributed by atoms with E-state index in [1.807, 2.05) is 0 Å². The molecule has 0 aromatic heterocycles. The molecule has 2 aliphatic rings. The van der Waals surface area contributed by atoms with Crippen molar-refractivity contribution in [3.8, 4) is 0 Å². The number of likely N-dealkylation sites (N-methyl/N-ethyl adjacent to an activating group) is 1. The van der Waals surface area contributed by atoms with Gasteiger partial charge in [-0.1, -0.05) is 18.2 Å². The molecule has 1 aliphatic heterocycles. The summed E-state index contributed by atoms with van der Waals surface area (Å²) in [5, 5.41) is 15.6. The Hall–Kier alpha value is -2.47. The summed E-state index contributed by atoms with van der Waals surface area (Å²) >= 11 is 0. The fraction of sp³-hybridized carbons (Fsp3) is 0.421. The summed E-state index contributed by atoms with van der Waals surface area (Å²) in [6.07, 6.45) is 3.04. The maximum absolute atomic E-state index is 12.2. The van der Waals surface area contributed by atoms with Crippen LogP contribution in [-0.2, 0) is 9.59 Å². The van der Waals surface area contributed by atoms with Crippen LogP contribution < -0.4 is 0 Å². The number of carboxylic acid groups (broad SMARTS) is 2. The highest BCUT2D eigenvalue weighted by atomic mass is 16.4. The van der Waals surface area contributed by atoms with Gasteiger partial charge in [-0.25, -0.2) is 9.59 Å². The molecule has 134 valence electrons. The molecule has 0 spiro atoms. The van der Waals surface area contributed by atoms with Crippen molar-refractivity contribution >= 4 is 17.7 Å². The lowest BCUT2D eigenvalue weighted by Crippen LogP contribution is -2.40. The second kappa shape index (κ2) is 8.07. The molecule has 0 saturated carbocycles. The van der Waals surface area contributed by atoms with E-state index in [0.29, 0.717) is 29.8 Å². The topological polar surface area (TPSA) is 94.9 Å². The van der Waals surface area contributed by atoms with Gasteiger partial charge in [0.2, 0.25) is 0 Å². The number of carboxylic acids is 2. The van der Waals surface area contributed by atoms with Crippen molar-refractivity contribution in [2.24, 2.45) is 5.92 Å². The average Bonchev–Trinajstić information content (AvgIpc) is 2.54. The number of hydrogen-bond donors (Lipinski definition) is 2. The zero-order valence-corrected chi connectivity index (χ0v) is 14.4. The van der Waals surface area contributed by atoms with E-state index in [1.165, 1.54) is 12.0 Å². The normalized spacial score (nSPS) is 22.6. The Balaban J connectivity index is 0.000000242. The minimum absolute atomic E-state index is 0.365. The minimum atomic E-state index is -1.26. The van der Waals surface area contributed by atoms with E-state index >= 15 is 0 Å². The van der Waals surface area contributed by atoms with Gasteiger partial charge in [0.05, 0.1) is 0 Å². The highest BCUT2D eigenvalue weighted by Gasteiger charge is 2.37. The summed E-state index contributed by atoms with van der Waals surface area (Å²) in [4.78, 5) is 33.7. The van der Waals surface area contributed by atoms with E-state index < -0.39 is 11.9 Å². The molecule has 2 N–H and O–H groups in total. The largest absolute Gasteiger partial charge is 0.478 e. The third-order valence-electron chi connectivity index (χ3n) is 4.76. The van der Waals surface area contributed by atoms with E-state index in [0.717, 1.165) is 30.6 Å². The predicted molar refractivity (Wildman–Crippen MR) is 92.9 cm³/mol. The Morgan fingerprint density at radius 2 is 1.84 bits per heavy atom. The summed E-state index contributed by atoms with van der Waals surface area (Å²) in [6.45, 7) is 4.30. The SMILES string of the molecule is Cc1cccc2c1C(=O)C[C@H]1CCN(C)C[C@@H]21.O=C(O)/C=C/C(=O)O. The molecule has 1 heterocycles.